The first kappa shape index (κ1) is 21.2. The van der Waals surface area contributed by atoms with Gasteiger partial charge in [-0.1, -0.05) is 20.8 Å². The van der Waals surface area contributed by atoms with Crippen molar-refractivity contribution in [2.24, 2.45) is 5.92 Å². The number of imide groups is 1. The maximum absolute atomic E-state index is 13.5. The lowest BCUT2D eigenvalue weighted by atomic mass is 9.85. The van der Waals surface area contributed by atoms with Gasteiger partial charge in [-0.3, -0.25) is 14.5 Å². The van der Waals surface area contributed by atoms with E-state index < -0.39 is 23.1 Å². The lowest BCUT2D eigenvalue weighted by molar-refractivity contribution is -0.135. The summed E-state index contributed by atoms with van der Waals surface area (Å²) >= 11 is 0. The summed E-state index contributed by atoms with van der Waals surface area (Å²) in [7, 11) is 0. The topological polar surface area (TPSA) is 60.9 Å². The maximum Gasteiger partial charge on any atom is 0.327 e. The number of halogens is 2. The van der Waals surface area contributed by atoms with Gasteiger partial charge in [0.2, 0.25) is 0 Å². The Kier molecular flexibility index (Phi) is 5.91. The molecule has 2 saturated heterocycles. The standard InChI is InChI=1S/C21H27F2N3O3/c1-4-7-25-19(28)21(26(20(25)29)13-14(2)3)5-8-24(9-6-21)18(27)15-10-16(22)12-17(23)11-15/h10-12,14H,4-9,13H2,1-3H3. The number of piperidine rings is 1. The Hall–Kier alpha value is -2.51. The third kappa shape index (κ3) is 3.84. The highest BCUT2D eigenvalue weighted by molar-refractivity contribution is 6.07. The molecule has 0 unspecified atom stereocenters. The molecular formula is C21H27F2N3O3. The van der Waals surface area contributed by atoms with Gasteiger partial charge in [-0.2, -0.15) is 0 Å². The summed E-state index contributed by atoms with van der Waals surface area (Å²) in [5.74, 6) is -2.10. The largest absolute Gasteiger partial charge is 0.338 e. The molecule has 0 radical (unpaired) electrons. The van der Waals surface area contributed by atoms with Crippen LogP contribution in [0.1, 0.15) is 50.4 Å². The van der Waals surface area contributed by atoms with E-state index in [2.05, 4.69) is 0 Å². The predicted molar refractivity (Wildman–Crippen MR) is 103 cm³/mol. The van der Waals surface area contributed by atoms with Gasteiger partial charge in [0.1, 0.15) is 17.2 Å². The van der Waals surface area contributed by atoms with Crippen molar-refractivity contribution in [3.63, 3.8) is 0 Å². The minimum atomic E-state index is -0.944. The SMILES string of the molecule is CCCN1C(=O)N(CC(C)C)C2(CCN(C(=O)c3cc(F)cc(F)c3)CC2)C1=O. The first-order valence-electron chi connectivity index (χ1n) is 10.1. The van der Waals surface area contributed by atoms with Crippen molar-refractivity contribution in [3.8, 4) is 0 Å². The summed E-state index contributed by atoms with van der Waals surface area (Å²) in [5.41, 5.74) is -1.00. The van der Waals surface area contributed by atoms with Gasteiger partial charge in [-0.05, 0) is 37.3 Å². The van der Waals surface area contributed by atoms with Crippen LogP contribution in [0.3, 0.4) is 0 Å². The van der Waals surface area contributed by atoms with Gasteiger partial charge in [0.15, 0.2) is 0 Å². The number of carbonyl (C=O) groups excluding carboxylic acids is 3. The van der Waals surface area contributed by atoms with Crippen LogP contribution in [-0.2, 0) is 4.79 Å². The molecule has 1 aromatic carbocycles. The van der Waals surface area contributed by atoms with E-state index >= 15 is 0 Å². The molecule has 2 aliphatic rings. The minimum absolute atomic E-state index is 0.0566. The lowest BCUT2D eigenvalue weighted by Crippen LogP contribution is -2.58. The molecule has 6 nitrogen and oxygen atoms in total. The van der Waals surface area contributed by atoms with Crippen LogP contribution in [-0.4, -0.2) is 64.3 Å². The van der Waals surface area contributed by atoms with Crippen molar-refractivity contribution in [1.29, 1.82) is 0 Å². The molecule has 0 saturated carbocycles. The van der Waals surface area contributed by atoms with Crippen LogP contribution < -0.4 is 0 Å². The van der Waals surface area contributed by atoms with E-state index in [1.165, 1.54) is 9.80 Å². The molecule has 1 spiro atoms. The highest BCUT2D eigenvalue weighted by Gasteiger charge is 2.57. The molecule has 2 heterocycles. The molecule has 0 N–H and O–H groups in total. The molecule has 0 bridgehead atoms. The predicted octanol–water partition coefficient (Wildman–Crippen LogP) is 3.27. The maximum atomic E-state index is 13.5. The fourth-order valence-electron chi connectivity index (χ4n) is 4.24. The number of urea groups is 1. The summed E-state index contributed by atoms with van der Waals surface area (Å²) < 4.78 is 26.9. The lowest BCUT2D eigenvalue weighted by Gasteiger charge is -2.42. The summed E-state index contributed by atoms with van der Waals surface area (Å²) in [5, 5.41) is 0. The van der Waals surface area contributed by atoms with Gasteiger partial charge in [0.05, 0.1) is 0 Å². The second-order valence-corrected chi connectivity index (χ2v) is 8.23. The van der Waals surface area contributed by atoms with E-state index in [1.54, 1.807) is 4.90 Å². The molecular weight excluding hydrogens is 380 g/mol. The smallest absolute Gasteiger partial charge is 0.327 e. The fraction of sp³-hybridized carbons (Fsp3) is 0.571. The van der Waals surface area contributed by atoms with Crippen molar-refractivity contribution < 1.29 is 23.2 Å². The Labute approximate surface area is 169 Å². The molecule has 0 atom stereocenters. The van der Waals surface area contributed by atoms with E-state index in [0.29, 0.717) is 32.4 Å². The Balaban J connectivity index is 1.81. The Bertz CT molecular complexity index is 799. The van der Waals surface area contributed by atoms with Crippen molar-refractivity contribution in [1.82, 2.24) is 14.7 Å². The van der Waals surface area contributed by atoms with Gasteiger partial charge in [0, 0.05) is 37.8 Å². The van der Waals surface area contributed by atoms with E-state index in [0.717, 1.165) is 18.2 Å². The number of nitrogens with zero attached hydrogens (tertiary/aromatic N) is 3. The van der Waals surface area contributed by atoms with Crippen LogP contribution in [0.25, 0.3) is 0 Å². The van der Waals surface area contributed by atoms with Crippen LogP contribution in [0.4, 0.5) is 13.6 Å². The molecule has 8 heteroatoms. The Morgan fingerprint density at radius 2 is 1.69 bits per heavy atom. The van der Waals surface area contributed by atoms with Crippen molar-refractivity contribution >= 4 is 17.8 Å². The van der Waals surface area contributed by atoms with Crippen LogP contribution in [0.5, 0.6) is 0 Å². The Morgan fingerprint density at radius 1 is 1.10 bits per heavy atom. The van der Waals surface area contributed by atoms with Gasteiger partial charge >= 0.3 is 6.03 Å². The quantitative estimate of drug-likeness (QED) is 0.704. The zero-order valence-electron chi connectivity index (χ0n) is 17.1. The number of amides is 4. The van der Waals surface area contributed by atoms with Gasteiger partial charge < -0.3 is 9.80 Å². The zero-order chi connectivity index (χ0) is 21.3. The van der Waals surface area contributed by atoms with Crippen LogP contribution in [0.2, 0.25) is 0 Å². The highest BCUT2D eigenvalue weighted by Crippen LogP contribution is 2.38. The number of hydrogen-bond acceptors (Lipinski definition) is 3. The molecule has 2 aliphatic heterocycles. The molecule has 158 valence electrons. The summed E-state index contributed by atoms with van der Waals surface area (Å²) in [6.45, 7) is 7.22. The van der Waals surface area contributed by atoms with E-state index in [4.69, 9.17) is 0 Å². The second kappa shape index (κ2) is 8.08. The number of hydrogen-bond donors (Lipinski definition) is 0. The molecule has 3 rings (SSSR count). The van der Waals surface area contributed by atoms with E-state index in [1.807, 2.05) is 20.8 Å². The molecule has 4 amide bonds. The fourth-order valence-corrected chi connectivity index (χ4v) is 4.24. The van der Waals surface area contributed by atoms with Crippen LogP contribution >= 0.6 is 0 Å². The van der Waals surface area contributed by atoms with Crippen molar-refractivity contribution in [3.05, 3.63) is 35.4 Å². The van der Waals surface area contributed by atoms with Crippen LogP contribution in [0, 0.1) is 17.6 Å². The first-order valence-corrected chi connectivity index (χ1v) is 10.1. The van der Waals surface area contributed by atoms with Crippen molar-refractivity contribution in [2.75, 3.05) is 26.2 Å². The Morgan fingerprint density at radius 3 is 2.21 bits per heavy atom. The highest BCUT2D eigenvalue weighted by atomic mass is 19.1. The second-order valence-electron chi connectivity index (χ2n) is 8.23. The van der Waals surface area contributed by atoms with Gasteiger partial charge in [0.25, 0.3) is 11.8 Å². The monoisotopic (exact) mass is 407 g/mol. The van der Waals surface area contributed by atoms with E-state index in [9.17, 15) is 23.2 Å². The average molecular weight is 407 g/mol. The van der Waals surface area contributed by atoms with E-state index in [-0.39, 0.29) is 36.5 Å². The van der Waals surface area contributed by atoms with Gasteiger partial charge in [-0.25, -0.2) is 13.6 Å². The number of rotatable bonds is 5. The third-order valence-electron chi connectivity index (χ3n) is 5.60. The minimum Gasteiger partial charge on any atom is -0.338 e. The summed E-state index contributed by atoms with van der Waals surface area (Å²) in [4.78, 5) is 43.2. The molecule has 2 fully saturated rings. The third-order valence-corrected chi connectivity index (χ3v) is 5.60. The zero-order valence-corrected chi connectivity index (χ0v) is 17.1. The summed E-state index contributed by atoms with van der Waals surface area (Å²) in [6, 6.07) is 2.47. The average Bonchev–Trinajstić information content (AvgIpc) is 2.84. The number of benzene rings is 1. The van der Waals surface area contributed by atoms with Crippen molar-refractivity contribution in [2.45, 2.75) is 45.6 Å². The summed E-state index contributed by atoms with van der Waals surface area (Å²) in [6.07, 6.45) is 1.31. The molecule has 0 aliphatic carbocycles. The normalized spacial score (nSPS) is 19.0. The van der Waals surface area contributed by atoms with Crippen LogP contribution in [0.15, 0.2) is 18.2 Å². The molecule has 0 aromatic heterocycles. The molecule has 29 heavy (non-hydrogen) atoms. The molecule has 1 aromatic rings. The number of likely N-dealkylation sites (tertiary alicyclic amines) is 1. The van der Waals surface area contributed by atoms with Gasteiger partial charge in [-0.15, -0.1) is 0 Å². The number of carbonyl (C=O) groups is 3. The first-order chi connectivity index (χ1) is 13.7.